The average molecular weight is 460 g/mol. The lowest BCUT2D eigenvalue weighted by molar-refractivity contribution is -0.0556. The highest BCUT2D eigenvalue weighted by Gasteiger charge is 2.47. The molecule has 0 atom stereocenters. The zero-order valence-corrected chi connectivity index (χ0v) is 18.8. The van der Waals surface area contributed by atoms with Crippen LogP contribution in [-0.4, -0.2) is 26.7 Å². The molecule has 168 valence electrons. The number of halogens is 3. The molecule has 6 nitrogen and oxygen atoms in total. The molecular formula is C23H24ClF2N5O. The summed E-state index contributed by atoms with van der Waals surface area (Å²) in [4.78, 5) is 13.1. The van der Waals surface area contributed by atoms with Crippen LogP contribution in [-0.2, 0) is 17.9 Å². The van der Waals surface area contributed by atoms with Crippen LogP contribution in [0.5, 0.6) is 0 Å². The van der Waals surface area contributed by atoms with E-state index in [1.165, 1.54) is 18.2 Å². The van der Waals surface area contributed by atoms with Crippen LogP contribution in [0.3, 0.4) is 0 Å². The van der Waals surface area contributed by atoms with Crippen molar-refractivity contribution in [2.24, 2.45) is 0 Å². The third-order valence-electron chi connectivity index (χ3n) is 5.24. The van der Waals surface area contributed by atoms with Crippen LogP contribution < -0.4 is 5.32 Å². The molecule has 32 heavy (non-hydrogen) atoms. The highest BCUT2D eigenvalue weighted by Crippen LogP contribution is 2.50. The lowest BCUT2D eigenvalue weighted by atomic mass is 9.98. The highest BCUT2D eigenvalue weighted by atomic mass is 35.5. The van der Waals surface area contributed by atoms with E-state index in [0.29, 0.717) is 33.8 Å². The number of hydrogen-bond donors (Lipinski definition) is 2. The van der Waals surface area contributed by atoms with Crippen LogP contribution in [0.15, 0.2) is 30.3 Å². The second-order valence-electron chi connectivity index (χ2n) is 7.43. The van der Waals surface area contributed by atoms with Gasteiger partial charge in [0.25, 0.3) is 5.92 Å². The summed E-state index contributed by atoms with van der Waals surface area (Å²) in [6.07, 6.45) is 1.44. The number of aliphatic hydroxyl groups excluding tert-OH is 1. The van der Waals surface area contributed by atoms with Crippen molar-refractivity contribution in [3.05, 3.63) is 58.0 Å². The number of alkyl halides is 2. The first kappa shape index (κ1) is 23.8. The predicted octanol–water partition coefficient (Wildman–Crippen LogP) is 5.26. The van der Waals surface area contributed by atoms with Gasteiger partial charge in [-0.1, -0.05) is 43.6 Å². The van der Waals surface area contributed by atoms with E-state index in [9.17, 15) is 14.0 Å². The Morgan fingerprint density at radius 1 is 1.22 bits per heavy atom. The molecule has 2 heterocycles. The topological polar surface area (TPSA) is 94.7 Å². The van der Waals surface area contributed by atoms with Crippen molar-refractivity contribution < 1.29 is 13.9 Å². The van der Waals surface area contributed by atoms with Crippen LogP contribution in [0.25, 0.3) is 11.0 Å². The Bertz CT molecular complexity index is 1170. The van der Waals surface area contributed by atoms with Crippen LogP contribution >= 0.6 is 11.6 Å². The number of rotatable bonds is 6. The number of fused-ring (bicyclic) bond motifs is 1. The predicted molar refractivity (Wildman–Crippen MR) is 120 cm³/mol. The van der Waals surface area contributed by atoms with E-state index in [-0.39, 0.29) is 17.3 Å². The van der Waals surface area contributed by atoms with Gasteiger partial charge in [-0.2, -0.15) is 14.0 Å². The number of hydrogen-bond acceptors (Lipinski definition) is 6. The number of nitriles is 1. The average Bonchev–Trinajstić information content (AvgIpc) is 3.59. The van der Waals surface area contributed by atoms with Gasteiger partial charge >= 0.3 is 0 Å². The molecule has 0 saturated heterocycles. The summed E-state index contributed by atoms with van der Waals surface area (Å²) < 4.78 is 27.6. The van der Waals surface area contributed by atoms with E-state index in [1.807, 2.05) is 13.8 Å². The fourth-order valence-electron chi connectivity index (χ4n) is 3.36. The van der Waals surface area contributed by atoms with Crippen LogP contribution in [0.4, 0.5) is 14.6 Å². The van der Waals surface area contributed by atoms with Gasteiger partial charge in [0.2, 0.25) is 0 Å². The van der Waals surface area contributed by atoms with Gasteiger partial charge in [-0.25, -0.2) is 15.0 Å². The number of anilines is 1. The fraction of sp³-hybridized carbons (Fsp3) is 0.391. The van der Waals surface area contributed by atoms with Gasteiger partial charge in [-0.3, -0.25) is 0 Å². The number of aliphatic hydroxyl groups is 1. The molecule has 1 aromatic carbocycles. The van der Waals surface area contributed by atoms with Crippen LogP contribution in [0.2, 0.25) is 5.15 Å². The summed E-state index contributed by atoms with van der Waals surface area (Å²) in [6.45, 7) is 4.69. The molecule has 1 aliphatic carbocycles. The maximum atomic E-state index is 13.8. The second kappa shape index (κ2) is 9.31. The van der Waals surface area contributed by atoms with E-state index in [2.05, 4.69) is 26.3 Å². The first-order chi connectivity index (χ1) is 15.3. The third kappa shape index (κ3) is 4.64. The standard InChI is InChI=1S/C21H18ClF2N5O.C2H6/c1-12-27-18(26-9-13-3-2-4-14(7-13)21(23,24)11-30)15-8-16(20(10-25)5-6-20)17(22)29-19(15)28-12;1-2/h2-4,7-8,30H,5-6,9,11H2,1H3,(H,26,27,28,29);1-2H3. The molecule has 1 aliphatic rings. The Labute approximate surface area is 190 Å². The number of aryl methyl sites for hydroxylation is 1. The first-order valence-corrected chi connectivity index (χ1v) is 10.7. The molecule has 0 unspecified atom stereocenters. The molecule has 2 N–H and O–H groups in total. The van der Waals surface area contributed by atoms with Crippen LogP contribution in [0, 0.1) is 18.3 Å². The molecule has 0 radical (unpaired) electrons. The summed E-state index contributed by atoms with van der Waals surface area (Å²) >= 11 is 6.32. The Hall–Kier alpha value is -2.89. The molecule has 3 aromatic rings. The SMILES string of the molecule is CC.Cc1nc(NCc2cccc(C(F)(F)CO)c2)c2cc(C3(C#N)CC3)c(Cl)nc2n1. The van der Waals surface area contributed by atoms with Crippen molar-refractivity contribution in [3.63, 3.8) is 0 Å². The molecule has 0 amide bonds. The number of nitrogens with one attached hydrogen (secondary N) is 1. The monoisotopic (exact) mass is 459 g/mol. The second-order valence-corrected chi connectivity index (χ2v) is 7.79. The molecular weight excluding hydrogens is 436 g/mol. The summed E-state index contributed by atoms with van der Waals surface area (Å²) in [7, 11) is 0. The van der Waals surface area contributed by atoms with Crippen molar-refractivity contribution >= 4 is 28.5 Å². The van der Waals surface area contributed by atoms with E-state index >= 15 is 0 Å². The van der Waals surface area contributed by atoms with Crippen molar-refractivity contribution in [1.82, 2.24) is 15.0 Å². The van der Waals surface area contributed by atoms with E-state index in [4.69, 9.17) is 16.7 Å². The minimum absolute atomic E-state index is 0.224. The molecule has 1 saturated carbocycles. The molecule has 2 aromatic heterocycles. The maximum absolute atomic E-state index is 13.8. The molecule has 0 spiro atoms. The Morgan fingerprint density at radius 2 is 1.94 bits per heavy atom. The van der Waals surface area contributed by atoms with Gasteiger partial charge < -0.3 is 10.4 Å². The summed E-state index contributed by atoms with van der Waals surface area (Å²) in [5, 5.41) is 22.5. The quantitative estimate of drug-likeness (QED) is 0.488. The Kier molecular flexibility index (Phi) is 6.91. The number of aromatic nitrogens is 3. The van der Waals surface area contributed by atoms with E-state index < -0.39 is 17.9 Å². The van der Waals surface area contributed by atoms with Gasteiger partial charge in [0, 0.05) is 17.7 Å². The van der Waals surface area contributed by atoms with Crippen molar-refractivity contribution in [2.75, 3.05) is 11.9 Å². The minimum Gasteiger partial charge on any atom is -0.390 e. The third-order valence-corrected chi connectivity index (χ3v) is 5.53. The lowest BCUT2D eigenvalue weighted by Gasteiger charge is -2.16. The summed E-state index contributed by atoms with van der Waals surface area (Å²) in [5.74, 6) is -2.35. The maximum Gasteiger partial charge on any atom is 0.295 e. The first-order valence-electron chi connectivity index (χ1n) is 10.4. The van der Waals surface area contributed by atoms with Crippen molar-refractivity contribution in [3.8, 4) is 6.07 Å². The van der Waals surface area contributed by atoms with Gasteiger partial charge in [-0.15, -0.1) is 0 Å². The minimum atomic E-state index is -3.31. The highest BCUT2D eigenvalue weighted by molar-refractivity contribution is 6.30. The zero-order valence-electron chi connectivity index (χ0n) is 18.1. The van der Waals surface area contributed by atoms with Crippen molar-refractivity contribution in [1.29, 1.82) is 5.26 Å². The van der Waals surface area contributed by atoms with Gasteiger partial charge in [-0.05, 0) is 37.5 Å². The molecule has 0 aliphatic heterocycles. The summed E-state index contributed by atoms with van der Waals surface area (Å²) in [6, 6.07) is 9.94. The molecule has 9 heteroatoms. The van der Waals surface area contributed by atoms with Gasteiger partial charge in [0.1, 0.15) is 23.4 Å². The Morgan fingerprint density at radius 3 is 2.56 bits per heavy atom. The fourth-order valence-corrected chi connectivity index (χ4v) is 3.68. The number of nitrogens with zero attached hydrogens (tertiary/aromatic N) is 4. The summed E-state index contributed by atoms with van der Waals surface area (Å²) in [5.41, 5.74) is 0.772. The van der Waals surface area contributed by atoms with Gasteiger partial charge in [0.15, 0.2) is 5.65 Å². The largest absolute Gasteiger partial charge is 0.390 e. The zero-order chi connectivity index (χ0) is 23.5. The van der Waals surface area contributed by atoms with Crippen LogP contribution in [0.1, 0.15) is 49.2 Å². The molecule has 4 rings (SSSR count). The van der Waals surface area contributed by atoms with E-state index in [0.717, 1.165) is 12.8 Å². The molecule has 0 bridgehead atoms. The normalized spacial score (nSPS) is 14.3. The number of pyridine rings is 1. The van der Waals surface area contributed by atoms with Crippen molar-refractivity contribution in [2.45, 2.75) is 51.5 Å². The van der Waals surface area contributed by atoms with E-state index in [1.54, 1.807) is 19.1 Å². The molecule has 1 fully saturated rings. The lowest BCUT2D eigenvalue weighted by Crippen LogP contribution is -2.18. The van der Waals surface area contributed by atoms with Gasteiger partial charge in [0.05, 0.1) is 16.9 Å². The Balaban J connectivity index is 0.00000141. The smallest absolute Gasteiger partial charge is 0.295 e. The number of benzene rings is 1.